The van der Waals surface area contributed by atoms with Gasteiger partial charge in [-0.3, -0.25) is 18.9 Å². The Morgan fingerprint density at radius 2 is 1.85 bits per heavy atom. The Morgan fingerprint density at radius 3 is 2.42 bits per heavy atom. The molecule has 0 spiro atoms. The maximum absolute atomic E-state index is 13.0. The standard InChI is InChI=1S/C20H17N7O11S2/c1-7-14(18(32)27(7)40(35,36)37)25-17(31)15(11-5-39-20(24-11)21-6-28)26-38-4-10-16(19(33)34)23-9-3-13(30)12(29)2-8(9)22-10/h2-3,5-7,14,29-30H,4H2,1H3,(H,25,31)(H,33,34)(H,21,24,28)(H,35,36,37)/b26-15-/t7-,14-/m0/s1. The van der Waals surface area contributed by atoms with Crippen molar-refractivity contribution in [1.82, 2.24) is 24.6 Å². The van der Waals surface area contributed by atoms with Gasteiger partial charge in [-0.15, -0.1) is 11.3 Å². The lowest BCUT2D eigenvalue weighted by Gasteiger charge is -2.42. The first-order valence-electron chi connectivity index (χ1n) is 10.7. The number of amides is 3. The van der Waals surface area contributed by atoms with Crippen LogP contribution in [0.3, 0.4) is 0 Å². The van der Waals surface area contributed by atoms with Gasteiger partial charge in [-0.25, -0.2) is 24.1 Å². The predicted molar refractivity (Wildman–Crippen MR) is 133 cm³/mol. The molecule has 1 aliphatic heterocycles. The second-order valence-electron chi connectivity index (χ2n) is 7.97. The van der Waals surface area contributed by atoms with Crippen molar-refractivity contribution in [2.75, 3.05) is 5.32 Å². The molecule has 40 heavy (non-hydrogen) atoms. The van der Waals surface area contributed by atoms with Crippen LogP contribution in [0, 0.1) is 0 Å². The van der Waals surface area contributed by atoms with E-state index in [0.717, 1.165) is 23.5 Å². The van der Waals surface area contributed by atoms with Crippen molar-refractivity contribution in [2.24, 2.45) is 5.16 Å². The van der Waals surface area contributed by atoms with E-state index in [1.165, 1.54) is 12.3 Å². The summed E-state index contributed by atoms with van der Waals surface area (Å²) in [6, 6.07) is -0.453. The number of thiazole rings is 1. The zero-order valence-corrected chi connectivity index (χ0v) is 21.5. The molecule has 210 valence electrons. The molecule has 0 unspecified atom stereocenters. The molecule has 0 bridgehead atoms. The maximum Gasteiger partial charge on any atom is 0.362 e. The molecule has 2 atom stereocenters. The number of aromatic carboxylic acids is 1. The van der Waals surface area contributed by atoms with Crippen molar-refractivity contribution < 1.29 is 52.3 Å². The first kappa shape index (κ1) is 28.1. The van der Waals surface area contributed by atoms with Crippen LogP contribution in [0.15, 0.2) is 22.7 Å². The maximum atomic E-state index is 13.0. The number of hydrogen-bond donors (Lipinski definition) is 6. The predicted octanol–water partition coefficient (Wildman–Crippen LogP) is -0.797. The number of nitrogens with zero attached hydrogens (tertiary/aromatic N) is 5. The molecular formula is C20H17N7O11S2. The number of carbonyl (C=O) groups is 4. The van der Waals surface area contributed by atoms with Crippen molar-refractivity contribution >= 4 is 67.7 Å². The lowest BCUT2D eigenvalue weighted by atomic mass is 10.0. The number of phenolic OH excluding ortho intramolecular Hbond substituents is 2. The fourth-order valence-electron chi connectivity index (χ4n) is 3.56. The molecule has 18 nitrogen and oxygen atoms in total. The number of rotatable bonds is 10. The Kier molecular flexibility index (Phi) is 7.48. The van der Waals surface area contributed by atoms with Gasteiger partial charge in [-0.1, -0.05) is 5.16 Å². The third-order valence-electron chi connectivity index (χ3n) is 5.41. The number of fused-ring (bicyclic) bond motifs is 1. The number of phenols is 2. The summed E-state index contributed by atoms with van der Waals surface area (Å²) in [5.74, 6) is -4.77. The number of β-lactam (4-membered cyclic amide) rings is 1. The number of oxime groups is 1. The van der Waals surface area contributed by atoms with Crippen LogP contribution in [0.5, 0.6) is 11.5 Å². The molecule has 1 aromatic carbocycles. The minimum absolute atomic E-state index is 0.00537. The molecule has 6 N–H and O–H groups in total. The fraction of sp³-hybridized carbons (Fsp3) is 0.200. The van der Waals surface area contributed by atoms with Crippen LogP contribution < -0.4 is 10.6 Å². The van der Waals surface area contributed by atoms with Gasteiger partial charge in [0.2, 0.25) is 6.41 Å². The van der Waals surface area contributed by atoms with Crippen LogP contribution >= 0.6 is 11.3 Å². The van der Waals surface area contributed by atoms with E-state index in [1.54, 1.807) is 0 Å². The number of anilines is 1. The number of carboxylic acids is 1. The normalized spacial score (nSPS) is 17.3. The SMILES string of the molecule is C[C@H]1[C@H](NC(=O)/C(=N\OCc2nc3cc(O)c(O)cc3nc2C(=O)O)c2csc(NC=O)n2)C(=O)N1S(=O)(=O)O. The highest BCUT2D eigenvalue weighted by Crippen LogP contribution is 2.29. The summed E-state index contributed by atoms with van der Waals surface area (Å²) in [4.78, 5) is 64.8. The lowest BCUT2D eigenvalue weighted by molar-refractivity contribution is -0.143. The molecule has 1 aliphatic rings. The molecule has 3 aromatic rings. The molecule has 0 radical (unpaired) electrons. The summed E-state index contributed by atoms with van der Waals surface area (Å²) >= 11 is 0.902. The summed E-state index contributed by atoms with van der Waals surface area (Å²) in [6.45, 7) is 0.591. The largest absolute Gasteiger partial charge is 0.504 e. The van der Waals surface area contributed by atoms with Gasteiger partial charge in [0.15, 0.2) is 34.6 Å². The van der Waals surface area contributed by atoms with Crippen molar-refractivity contribution in [3.8, 4) is 11.5 Å². The molecule has 3 heterocycles. The summed E-state index contributed by atoms with van der Waals surface area (Å²) in [5, 5.41) is 38.5. The molecule has 3 amide bonds. The van der Waals surface area contributed by atoms with Crippen LogP contribution in [0.25, 0.3) is 11.0 Å². The van der Waals surface area contributed by atoms with Gasteiger partial charge in [-0.05, 0) is 6.92 Å². The number of hydrogen-bond acceptors (Lipinski definition) is 14. The number of aromatic hydroxyl groups is 2. The number of benzene rings is 1. The van der Waals surface area contributed by atoms with Gasteiger partial charge < -0.3 is 30.8 Å². The molecular weight excluding hydrogens is 578 g/mol. The summed E-state index contributed by atoms with van der Waals surface area (Å²) in [7, 11) is -4.85. The Balaban J connectivity index is 1.62. The van der Waals surface area contributed by atoms with Crippen molar-refractivity contribution in [3.63, 3.8) is 0 Å². The number of aromatic nitrogens is 3. The van der Waals surface area contributed by atoms with Gasteiger partial charge in [0, 0.05) is 17.5 Å². The van der Waals surface area contributed by atoms with Crippen LogP contribution in [0.4, 0.5) is 5.13 Å². The monoisotopic (exact) mass is 595 g/mol. The van der Waals surface area contributed by atoms with Gasteiger partial charge >= 0.3 is 16.3 Å². The molecule has 1 fully saturated rings. The quantitative estimate of drug-likeness (QED) is 0.0418. The van der Waals surface area contributed by atoms with E-state index in [4.69, 9.17) is 9.39 Å². The van der Waals surface area contributed by atoms with Gasteiger partial charge in [-0.2, -0.15) is 8.42 Å². The molecule has 4 rings (SSSR count). The summed E-state index contributed by atoms with van der Waals surface area (Å²) in [6.07, 6.45) is 0.331. The van der Waals surface area contributed by atoms with E-state index in [-0.39, 0.29) is 31.9 Å². The van der Waals surface area contributed by atoms with Crippen LogP contribution in [0.1, 0.15) is 28.8 Å². The Hall–Kier alpha value is -4.95. The van der Waals surface area contributed by atoms with Crippen molar-refractivity contribution in [2.45, 2.75) is 25.6 Å². The van der Waals surface area contributed by atoms with E-state index in [9.17, 15) is 42.9 Å². The average Bonchev–Trinajstić information content (AvgIpc) is 3.33. The number of carboxylic acid groups (broad SMARTS) is 1. The highest BCUT2D eigenvalue weighted by atomic mass is 32.2. The van der Waals surface area contributed by atoms with Gasteiger partial charge in [0.25, 0.3) is 11.8 Å². The van der Waals surface area contributed by atoms with E-state index < -0.39 is 69.7 Å². The van der Waals surface area contributed by atoms with Crippen LogP contribution in [-0.4, -0.2) is 89.5 Å². The third-order valence-corrected chi connectivity index (χ3v) is 7.19. The van der Waals surface area contributed by atoms with E-state index in [1.807, 2.05) is 0 Å². The zero-order valence-electron chi connectivity index (χ0n) is 19.9. The molecule has 1 saturated heterocycles. The highest BCUT2D eigenvalue weighted by molar-refractivity contribution is 7.84. The highest BCUT2D eigenvalue weighted by Gasteiger charge is 2.51. The second kappa shape index (κ2) is 10.7. The van der Waals surface area contributed by atoms with E-state index in [0.29, 0.717) is 6.41 Å². The Labute approximate surface area is 226 Å². The smallest absolute Gasteiger partial charge is 0.362 e. The molecule has 0 saturated carbocycles. The molecule has 20 heteroatoms. The number of carbonyl (C=O) groups excluding carboxylic acids is 3. The average molecular weight is 596 g/mol. The van der Waals surface area contributed by atoms with Crippen LogP contribution in [0.2, 0.25) is 0 Å². The zero-order chi connectivity index (χ0) is 29.4. The van der Waals surface area contributed by atoms with Gasteiger partial charge in [0.05, 0.1) is 17.1 Å². The van der Waals surface area contributed by atoms with Crippen LogP contribution in [-0.2, 0) is 36.1 Å². The Bertz CT molecular complexity index is 1690. The topological polar surface area (TPSA) is 271 Å². The third kappa shape index (κ3) is 5.43. The van der Waals surface area contributed by atoms with E-state index in [2.05, 4.69) is 30.7 Å². The lowest BCUT2D eigenvalue weighted by Crippen LogP contribution is -2.71. The molecule has 0 aliphatic carbocycles. The minimum atomic E-state index is -4.85. The van der Waals surface area contributed by atoms with E-state index >= 15 is 0 Å². The summed E-state index contributed by atoms with van der Waals surface area (Å²) < 4.78 is 32.0. The first-order valence-corrected chi connectivity index (χ1v) is 13.0. The van der Waals surface area contributed by atoms with Crippen molar-refractivity contribution in [1.29, 1.82) is 0 Å². The fourth-order valence-corrected chi connectivity index (χ4v) is 5.10. The number of nitrogens with one attached hydrogen (secondary N) is 2. The minimum Gasteiger partial charge on any atom is -0.504 e. The second-order valence-corrected chi connectivity index (χ2v) is 10.1. The van der Waals surface area contributed by atoms with Crippen molar-refractivity contribution in [3.05, 3.63) is 34.6 Å². The Morgan fingerprint density at radius 1 is 1.20 bits per heavy atom. The summed E-state index contributed by atoms with van der Waals surface area (Å²) in [5.41, 5.74) is -1.58. The molecule has 2 aromatic heterocycles. The van der Waals surface area contributed by atoms with Gasteiger partial charge in [0.1, 0.15) is 17.4 Å². The first-order chi connectivity index (χ1) is 18.8.